The fourth-order valence-corrected chi connectivity index (χ4v) is 8.64. The van der Waals surface area contributed by atoms with Crippen molar-refractivity contribution in [3.8, 4) is 16.9 Å². The Kier molecular flexibility index (Phi) is 7.96. The Morgan fingerprint density at radius 3 is 2.76 bits per heavy atom. The van der Waals surface area contributed by atoms with E-state index in [2.05, 4.69) is 9.88 Å². The molecule has 1 N–H and O–H groups in total. The van der Waals surface area contributed by atoms with Gasteiger partial charge in [-0.05, 0) is 76.6 Å². The Bertz CT molecular complexity index is 1870. The van der Waals surface area contributed by atoms with E-state index in [9.17, 15) is 14.7 Å². The van der Waals surface area contributed by atoms with Gasteiger partial charge in [-0.1, -0.05) is 11.6 Å². The summed E-state index contributed by atoms with van der Waals surface area (Å²) in [5.74, 6) is 0.282. The lowest BCUT2D eigenvalue weighted by Gasteiger charge is -2.43. The highest BCUT2D eigenvalue weighted by Crippen LogP contribution is 2.53. The van der Waals surface area contributed by atoms with Crippen molar-refractivity contribution in [3.63, 3.8) is 0 Å². The number of nitrogens with zero attached hydrogens (tertiary/aromatic N) is 4. The number of aromatic nitrogens is 3. The van der Waals surface area contributed by atoms with Gasteiger partial charge >= 0.3 is 5.97 Å². The molecule has 3 aromatic heterocycles. The highest BCUT2D eigenvalue weighted by molar-refractivity contribution is 7.18. The van der Waals surface area contributed by atoms with Crippen molar-refractivity contribution in [3.05, 3.63) is 73.4 Å². The zero-order valence-electron chi connectivity index (χ0n) is 25.8. The van der Waals surface area contributed by atoms with Crippen molar-refractivity contribution >= 4 is 39.1 Å². The van der Waals surface area contributed by atoms with Crippen LogP contribution in [0, 0.1) is 19.3 Å². The number of halogens is 1. The van der Waals surface area contributed by atoms with Gasteiger partial charge in [0.15, 0.2) is 0 Å². The van der Waals surface area contributed by atoms with Crippen LogP contribution in [0.2, 0.25) is 5.02 Å². The van der Waals surface area contributed by atoms with Crippen LogP contribution in [0.4, 0.5) is 0 Å². The summed E-state index contributed by atoms with van der Waals surface area (Å²) in [5, 5.41) is 11.8. The molecule has 4 aromatic rings. The lowest BCUT2D eigenvalue weighted by Crippen LogP contribution is -2.51. The quantitative estimate of drug-likeness (QED) is 0.251. The Labute approximate surface area is 270 Å². The lowest BCUT2D eigenvalue weighted by atomic mass is 9.86. The molecule has 3 aliphatic rings. The summed E-state index contributed by atoms with van der Waals surface area (Å²) in [5.41, 5.74) is 4.98. The molecule has 4 heterocycles. The average Bonchev–Trinajstić information content (AvgIpc) is 3.64. The molecule has 11 heteroatoms. The minimum atomic E-state index is -1.01. The molecule has 45 heavy (non-hydrogen) atoms. The van der Waals surface area contributed by atoms with Crippen LogP contribution in [0.1, 0.15) is 58.8 Å². The molecule has 0 radical (unpaired) electrons. The summed E-state index contributed by atoms with van der Waals surface area (Å²) >= 11 is 7.76. The van der Waals surface area contributed by atoms with Gasteiger partial charge in [0, 0.05) is 64.4 Å². The van der Waals surface area contributed by atoms with Crippen LogP contribution in [-0.2, 0) is 24.1 Å². The number of carboxylic acids is 1. The molecule has 0 bridgehead atoms. The van der Waals surface area contributed by atoms with Crippen LogP contribution in [-0.4, -0.2) is 69.5 Å². The van der Waals surface area contributed by atoms with E-state index >= 15 is 0 Å². The number of benzene rings is 1. The van der Waals surface area contributed by atoms with Crippen LogP contribution in [0.15, 0.2) is 34.4 Å². The third-order valence-corrected chi connectivity index (χ3v) is 11.2. The molecule has 1 saturated carbocycles. The van der Waals surface area contributed by atoms with E-state index in [1.54, 1.807) is 16.0 Å². The number of hydrogen-bond donors (Lipinski definition) is 1. The average molecular weight is 649 g/mol. The molecule has 2 aliphatic carbocycles. The number of ether oxygens (including phenoxy) is 2. The second kappa shape index (κ2) is 11.8. The number of rotatable bonds is 8. The number of aromatic carboxylic acids is 1. The monoisotopic (exact) mass is 648 g/mol. The number of aryl methyl sites for hydroxylation is 3. The molecule has 236 valence electrons. The maximum Gasteiger partial charge on any atom is 0.338 e. The zero-order chi connectivity index (χ0) is 31.5. The van der Waals surface area contributed by atoms with E-state index in [1.807, 2.05) is 39.2 Å². The Balaban J connectivity index is 1.11. The van der Waals surface area contributed by atoms with Gasteiger partial charge in [0.2, 0.25) is 0 Å². The maximum absolute atomic E-state index is 13.9. The number of carbonyl (C=O) groups is 1. The van der Waals surface area contributed by atoms with Crippen molar-refractivity contribution in [2.24, 2.45) is 5.41 Å². The molecule has 1 spiro atoms. The molecule has 1 saturated heterocycles. The Hall–Kier alpha value is -3.31. The fraction of sp³-hybridized carbons (Fsp3) is 0.471. The van der Waals surface area contributed by atoms with Gasteiger partial charge in [-0.15, -0.1) is 11.3 Å². The summed E-state index contributed by atoms with van der Waals surface area (Å²) in [6.45, 7) is 6.41. The number of likely N-dealkylation sites (tertiary alicyclic amines) is 1. The highest BCUT2D eigenvalue weighted by Gasteiger charge is 2.53. The topological polar surface area (TPSA) is 107 Å². The number of hydrogen-bond acceptors (Lipinski definition) is 8. The van der Waals surface area contributed by atoms with Gasteiger partial charge < -0.3 is 14.6 Å². The van der Waals surface area contributed by atoms with Crippen LogP contribution in [0.3, 0.4) is 0 Å². The standard InChI is InChI=1S/C34H37ClN4O5S/c1-19-14-24(31-30(36-19)26(17-45-31)33(41)42)23-15-21(35)4-7-28(23)44-13-12-39-20(2)37-27-6-5-22(16-25(27)32(39)40)38-11-8-29(43-3)34(18-38)9-10-34/h4,7,14-15,17,22,29H,5-6,8-13,16,18H2,1-3H3,(H,41,42)/t22-,29+/m0/s1. The predicted octanol–water partition coefficient (Wildman–Crippen LogP) is 5.93. The van der Waals surface area contributed by atoms with Gasteiger partial charge in [-0.2, -0.15) is 0 Å². The van der Waals surface area contributed by atoms with E-state index in [4.69, 9.17) is 26.1 Å². The summed E-state index contributed by atoms with van der Waals surface area (Å²) < 4.78 is 14.6. The van der Waals surface area contributed by atoms with Gasteiger partial charge in [0.1, 0.15) is 18.2 Å². The smallest absolute Gasteiger partial charge is 0.338 e. The first-order chi connectivity index (χ1) is 21.7. The molecule has 7 rings (SSSR count). The number of pyridine rings is 1. The number of methoxy groups -OCH3 is 1. The van der Waals surface area contributed by atoms with Crippen molar-refractivity contribution in [2.75, 3.05) is 26.8 Å². The van der Waals surface area contributed by atoms with E-state index in [1.165, 1.54) is 24.2 Å². The Morgan fingerprint density at radius 2 is 2.00 bits per heavy atom. The molecule has 2 atom stereocenters. The SMILES string of the molecule is CO[C@@H]1CCN([C@H]2CCc3nc(C)n(CCOc4ccc(Cl)cc4-c4cc(C)nc5c(C(=O)O)csc45)c(=O)c3C2)CC12CC2. The van der Waals surface area contributed by atoms with Gasteiger partial charge in [0.05, 0.1) is 34.1 Å². The molecule has 1 aromatic carbocycles. The zero-order valence-corrected chi connectivity index (χ0v) is 27.3. The summed E-state index contributed by atoms with van der Waals surface area (Å²) in [7, 11) is 1.84. The molecule has 1 aliphatic heterocycles. The third kappa shape index (κ3) is 5.56. The highest BCUT2D eigenvalue weighted by atomic mass is 35.5. The first kappa shape index (κ1) is 30.3. The normalized spacial score (nSPS) is 20.8. The minimum absolute atomic E-state index is 0.0290. The maximum atomic E-state index is 13.9. The van der Waals surface area contributed by atoms with E-state index < -0.39 is 5.97 Å². The fourth-order valence-electron chi connectivity index (χ4n) is 7.45. The van der Waals surface area contributed by atoms with Crippen LogP contribution in [0.5, 0.6) is 5.75 Å². The van der Waals surface area contributed by atoms with Crippen molar-refractivity contribution in [1.29, 1.82) is 0 Å². The molecule has 2 fully saturated rings. The number of fused-ring (bicyclic) bond motifs is 2. The van der Waals surface area contributed by atoms with E-state index in [0.717, 1.165) is 65.9 Å². The number of piperidine rings is 1. The number of thiophene rings is 1. The number of carboxylic acid groups (broad SMARTS) is 1. The third-order valence-electron chi connectivity index (χ3n) is 9.95. The lowest BCUT2D eigenvalue weighted by molar-refractivity contribution is -0.0329. The molecule has 0 unspecified atom stereocenters. The van der Waals surface area contributed by atoms with Crippen LogP contribution < -0.4 is 10.3 Å². The minimum Gasteiger partial charge on any atom is -0.491 e. The summed E-state index contributed by atoms with van der Waals surface area (Å²) in [6.07, 6.45) is 6.46. The van der Waals surface area contributed by atoms with Crippen molar-refractivity contribution in [1.82, 2.24) is 19.4 Å². The van der Waals surface area contributed by atoms with Gasteiger partial charge in [-0.25, -0.2) is 9.78 Å². The largest absolute Gasteiger partial charge is 0.491 e. The second-order valence-corrected chi connectivity index (χ2v) is 14.0. The van der Waals surface area contributed by atoms with Crippen LogP contribution >= 0.6 is 22.9 Å². The van der Waals surface area contributed by atoms with Gasteiger partial charge in [-0.3, -0.25) is 19.2 Å². The molecule has 0 amide bonds. The van der Waals surface area contributed by atoms with Crippen molar-refractivity contribution < 1.29 is 19.4 Å². The molecule has 9 nitrogen and oxygen atoms in total. The predicted molar refractivity (Wildman–Crippen MR) is 175 cm³/mol. The molecular weight excluding hydrogens is 612 g/mol. The summed E-state index contributed by atoms with van der Waals surface area (Å²) in [6, 6.07) is 7.68. The van der Waals surface area contributed by atoms with E-state index in [0.29, 0.717) is 51.9 Å². The molecular formula is C34H37ClN4O5S. The first-order valence-electron chi connectivity index (χ1n) is 15.6. The Morgan fingerprint density at radius 1 is 1.18 bits per heavy atom. The second-order valence-electron chi connectivity index (χ2n) is 12.7. The van der Waals surface area contributed by atoms with Crippen molar-refractivity contribution in [2.45, 2.75) is 71.1 Å². The van der Waals surface area contributed by atoms with Crippen LogP contribution in [0.25, 0.3) is 21.3 Å². The van der Waals surface area contributed by atoms with E-state index in [-0.39, 0.29) is 17.7 Å². The first-order valence-corrected chi connectivity index (χ1v) is 16.8. The van der Waals surface area contributed by atoms with Gasteiger partial charge in [0.25, 0.3) is 5.56 Å². The summed E-state index contributed by atoms with van der Waals surface area (Å²) in [4.78, 5) is 37.7.